The van der Waals surface area contributed by atoms with Crippen molar-refractivity contribution in [3.63, 3.8) is 0 Å². The number of hydrogen-bond acceptors (Lipinski definition) is 3. The van der Waals surface area contributed by atoms with Crippen molar-refractivity contribution in [2.24, 2.45) is 0 Å². The molecule has 3 aromatic rings. The lowest BCUT2D eigenvalue weighted by Crippen LogP contribution is -2.35. The molecule has 0 saturated carbocycles. The largest absolute Gasteiger partial charge is 0.362 e. The molecule has 2 aromatic carbocycles. The number of hydrogen-bond donors (Lipinski definition) is 0. The minimum Gasteiger partial charge on any atom is -0.362 e. The van der Waals surface area contributed by atoms with E-state index in [-0.39, 0.29) is 12.2 Å². The molecule has 31 heavy (non-hydrogen) atoms. The monoisotopic (exact) mass is 435 g/mol. The highest BCUT2D eigenvalue weighted by Gasteiger charge is 2.32. The topological polar surface area (TPSA) is 30.3 Å². The SMILES string of the molecule is Cc1ccc(-c2nc3n(c2C)CCc2ccccc2C3OC2CCN(C)CC2)c(Cl)c1. The number of ether oxygens (including phenoxy) is 1. The van der Waals surface area contributed by atoms with Gasteiger partial charge in [0.2, 0.25) is 0 Å². The zero-order valence-corrected chi connectivity index (χ0v) is 19.3. The quantitative estimate of drug-likeness (QED) is 0.538. The van der Waals surface area contributed by atoms with E-state index in [0.29, 0.717) is 0 Å². The van der Waals surface area contributed by atoms with Crippen molar-refractivity contribution in [2.45, 2.75) is 51.9 Å². The molecule has 0 bridgehead atoms. The van der Waals surface area contributed by atoms with Gasteiger partial charge in [0, 0.05) is 30.9 Å². The summed E-state index contributed by atoms with van der Waals surface area (Å²) in [5, 5.41) is 0.754. The fourth-order valence-electron chi connectivity index (χ4n) is 4.94. The number of fused-ring (bicyclic) bond motifs is 2. The summed E-state index contributed by atoms with van der Waals surface area (Å²) in [6, 6.07) is 14.9. The molecule has 0 aliphatic carbocycles. The van der Waals surface area contributed by atoms with Crippen LogP contribution < -0.4 is 0 Å². The molecule has 5 rings (SSSR count). The predicted octanol–water partition coefficient (Wildman–Crippen LogP) is 5.58. The maximum atomic E-state index is 6.82. The molecule has 2 aliphatic rings. The fourth-order valence-corrected chi connectivity index (χ4v) is 5.27. The van der Waals surface area contributed by atoms with Crippen LogP contribution in [0.2, 0.25) is 5.02 Å². The van der Waals surface area contributed by atoms with Crippen LogP contribution in [0.15, 0.2) is 42.5 Å². The van der Waals surface area contributed by atoms with E-state index >= 15 is 0 Å². The van der Waals surface area contributed by atoms with Gasteiger partial charge in [0.15, 0.2) is 0 Å². The second kappa shape index (κ2) is 8.42. The van der Waals surface area contributed by atoms with E-state index in [9.17, 15) is 0 Å². The zero-order valence-electron chi connectivity index (χ0n) is 18.6. The third kappa shape index (κ3) is 3.93. The first-order chi connectivity index (χ1) is 15.0. The molecule has 2 aliphatic heterocycles. The summed E-state index contributed by atoms with van der Waals surface area (Å²) in [4.78, 5) is 7.55. The van der Waals surface area contributed by atoms with E-state index < -0.39 is 0 Å². The number of nitrogens with zero attached hydrogens (tertiary/aromatic N) is 3. The number of aryl methyl sites for hydroxylation is 2. The van der Waals surface area contributed by atoms with Gasteiger partial charge in [-0.15, -0.1) is 0 Å². The number of rotatable bonds is 3. The highest BCUT2D eigenvalue weighted by Crippen LogP contribution is 2.38. The first-order valence-corrected chi connectivity index (χ1v) is 11.6. The maximum absolute atomic E-state index is 6.82. The normalized spacial score (nSPS) is 19.7. The van der Waals surface area contributed by atoms with Gasteiger partial charge >= 0.3 is 0 Å². The summed E-state index contributed by atoms with van der Waals surface area (Å²) in [5.41, 5.74) is 6.90. The van der Waals surface area contributed by atoms with Crippen molar-refractivity contribution >= 4 is 11.6 Å². The molecule has 1 aromatic heterocycles. The van der Waals surface area contributed by atoms with Crippen LogP contribution in [-0.4, -0.2) is 40.7 Å². The molecule has 0 spiro atoms. The average molecular weight is 436 g/mol. The second-order valence-corrected chi connectivity index (χ2v) is 9.41. The van der Waals surface area contributed by atoms with E-state index in [4.69, 9.17) is 21.3 Å². The van der Waals surface area contributed by atoms with Crippen molar-refractivity contribution in [3.8, 4) is 11.3 Å². The molecule has 4 nitrogen and oxygen atoms in total. The smallest absolute Gasteiger partial charge is 0.143 e. The summed E-state index contributed by atoms with van der Waals surface area (Å²) in [7, 11) is 2.19. The van der Waals surface area contributed by atoms with E-state index in [1.54, 1.807) is 0 Å². The molecule has 1 saturated heterocycles. The van der Waals surface area contributed by atoms with Gasteiger partial charge in [0.25, 0.3) is 0 Å². The zero-order chi connectivity index (χ0) is 21.5. The van der Waals surface area contributed by atoms with Gasteiger partial charge < -0.3 is 14.2 Å². The molecular formula is C26H30ClN3O. The number of imidazole rings is 1. The molecule has 0 radical (unpaired) electrons. The lowest BCUT2D eigenvalue weighted by atomic mass is 9.99. The lowest BCUT2D eigenvalue weighted by molar-refractivity contribution is -0.0276. The number of piperidine rings is 1. The molecule has 0 N–H and O–H groups in total. The Bertz CT molecular complexity index is 1100. The number of benzene rings is 2. The third-order valence-corrected chi connectivity index (χ3v) is 7.11. The molecule has 5 heteroatoms. The fraction of sp³-hybridized carbons (Fsp3) is 0.423. The Morgan fingerprint density at radius 1 is 1.03 bits per heavy atom. The molecule has 162 valence electrons. The van der Waals surface area contributed by atoms with Crippen LogP contribution in [0.3, 0.4) is 0 Å². The van der Waals surface area contributed by atoms with Crippen LogP contribution in [0.1, 0.15) is 47.2 Å². The van der Waals surface area contributed by atoms with Crippen LogP contribution in [-0.2, 0) is 17.7 Å². The third-order valence-electron chi connectivity index (χ3n) is 6.80. The van der Waals surface area contributed by atoms with Gasteiger partial charge in [-0.2, -0.15) is 0 Å². The van der Waals surface area contributed by atoms with Crippen molar-refractivity contribution in [2.75, 3.05) is 20.1 Å². The van der Waals surface area contributed by atoms with Crippen LogP contribution in [0.25, 0.3) is 11.3 Å². The Hall–Kier alpha value is -2.14. The summed E-state index contributed by atoms with van der Waals surface area (Å²) < 4.78 is 9.18. The Labute approximate surface area is 189 Å². The Balaban J connectivity index is 1.59. The summed E-state index contributed by atoms with van der Waals surface area (Å²) in [6.45, 7) is 7.29. The standard InChI is InChI=1S/C26H30ClN3O/c1-17-8-9-22(23(27)16-17)24-18(2)30-15-10-19-6-4-5-7-21(19)25(26(30)28-24)31-20-11-13-29(3)14-12-20/h4-9,16,20,25H,10-15H2,1-3H3. The van der Waals surface area contributed by atoms with Crippen LogP contribution in [0.4, 0.5) is 0 Å². The van der Waals surface area contributed by atoms with Gasteiger partial charge in [0.1, 0.15) is 11.9 Å². The van der Waals surface area contributed by atoms with E-state index in [0.717, 1.165) is 72.3 Å². The molecule has 0 amide bonds. The molecular weight excluding hydrogens is 406 g/mol. The minimum absolute atomic E-state index is 0.149. The van der Waals surface area contributed by atoms with Crippen molar-refractivity contribution in [3.05, 3.63) is 75.7 Å². The molecule has 1 atom stereocenters. The summed E-state index contributed by atoms with van der Waals surface area (Å²) in [6.07, 6.45) is 3.21. The van der Waals surface area contributed by atoms with Crippen LogP contribution in [0.5, 0.6) is 0 Å². The predicted molar refractivity (Wildman–Crippen MR) is 126 cm³/mol. The number of halogens is 1. The summed E-state index contributed by atoms with van der Waals surface area (Å²) in [5.74, 6) is 1.01. The van der Waals surface area contributed by atoms with Gasteiger partial charge in [-0.05, 0) is 62.9 Å². The molecule has 1 fully saturated rings. The second-order valence-electron chi connectivity index (χ2n) is 9.01. The Morgan fingerprint density at radius 3 is 2.58 bits per heavy atom. The highest BCUT2D eigenvalue weighted by molar-refractivity contribution is 6.33. The van der Waals surface area contributed by atoms with Crippen molar-refractivity contribution in [1.82, 2.24) is 14.5 Å². The lowest BCUT2D eigenvalue weighted by Gasteiger charge is -2.32. The van der Waals surface area contributed by atoms with Crippen molar-refractivity contribution < 1.29 is 4.74 Å². The Kier molecular flexibility index (Phi) is 5.63. The molecule has 3 heterocycles. The van der Waals surface area contributed by atoms with Crippen molar-refractivity contribution in [1.29, 1.82) is 0 Å². The van der Waals surface area contributed by atoms with E-state index in [1.807, 2.05) is 6.07 Å². The number of aromatic nitrogens is 2. The maximum Gasteiger partial charge on any atom is 0.143 e. The van der Waals surface area contributed by atoms with Crippen LogP contribution in [0, 0.1) is 13.8 Å². The van der Waals surface area contributed by atoms with Crippen LogP contribution >= 0.6 is 11.6 Å². The molecule has 1 unspecified atom stereocenters. The first kappa shape index (κ1) is 20.7. The van der Waals surface area contributed by atoms with E-state index in [2.05, 4.69) is 66.8 Å². The minimum atomic E-state index is -0.149. The van der Waals surface area contributed by atoms with Gasteiger partial charge in [0.05, 0.1) is 16.8 Å². The van der Waals surface area contributed by atoms with Gasteiger partial charge in [-0.1, -0.05) is 48.0 Å². The van der Waals surface area contributed by atoms with Gasteiger partial charge in [-0.25, -0.2) is 4.98 Å². The first-order valence-electron chi connectivity index (χ1n) is 11.3. The van der Waals surface area contributed by atoms with E-state index in [1.165, 1.54) is 11.1 Å². The highest BCUT2D eigenvalue weighted by atomic mass is 35.5. The number of likely N-dealkylation sites (tertiary alicyclic amines) is 1. The average Bonchev–Trinajstić information content (AvgIpc) is 2.99. The van der Waals surface area contributed by atoms with Gasteiger partial charge in [-0.3, -0.25) is 0 Å². The summed E-state index contributed by atoms with van der Waals surface area (Å²) >= 11 is 6.63. The Morgan fingerprint density at radius 2 is 1.81 bits per heavy atom.